The molecule has 3 aromatic heterocycles. The van der Waals surface area contributed by atoms with Crippen LogP contribution in [0.2, 0.25) is 0 Å². The molecule has 0 unspecified atom stereocenters. The summed E-state index contributed by atoms with van der Waals surface area (Å²) in [5, 5.41) is 8.52. The van der Waals surface area contributed by atoms with Crippen LogP contribution in [0, 0.1) is 13.8 Å². The van der Waals surface area contributed by atoms with Gasteiger partial charge in [-0.05, 0) is 49.2 Å². The van der Waals surface area contributed by atoms with Crippen LogP contribution in [0.5, 0.6) is 0 Å². The van der Waals surface area contributed by atoms with Crippen molar-refractivity contribution >= 4 is 5.52 Å². The maximum Gasteiger partial charge on any atom is 0.110 e. The van der Waals surface area contributed by atoms with E-state index in [9.17, 15) is 0 Å². The van der Waals surface area contributed by atoms with Crippen LogP contribution in [0.1, 0.15) is 16.8 Å². The molecule has 4 heteroatoms. The zero-order valence-corrected chi connectivity index (χ0v) is 11.1. The van der Waals surface area contributed by atoms with Crippen LogP contribution in [-0.4, -0.2) is 14.6 Å². The van der Waals surface area contributed by atoms with Crippen LogP contribution in [0.15, 0.2) is 36.5 Å². The number of aryl methyl sites for hydroxylation is 2. The molecule has 0 aliphatic heterocycles. The van der Waals surface area contributed by atoms with Crippen LogP contribution in [0.4, 0.5) is 0 Å². The minimum atomic E-state index is 0.483. The molecule has 0 radical (unpaired) electrons. The summed E-state index contributed by atoms with van der Waals surface area (Å²) in [5.74, 6) is 0. The molecule has 3 rings (SSSR count). The van der Waals surface area contributed by atoms with Gasteiger partial charge in [0.05, 0.1) is 11.4 Å². The molecule has 0 fully saturated rings. The molecule has 0 saturated heterocycles. The van der Waals surface area contributed by atoms with Crippen molar-refractivity contribution in [3.63, 3.8) is 0 Å². The molecule has 3 heterocycles. The van der Waals surface area contributed by atoms with Crippen LogP contribution in [0.25, 0.3) is 16.9 Å². The predicted molar refractivity (Wildman–Crippen MR) is 75.8 cm³/mol. The van der Waals surface area contributed by atoms with E-state index in [0.717, 1.165) is 28.2 Å². The lowest BCUT2D eigenvalue weighted by atomic mass is 10.1. The molecule has 0 saturated carbocycles. The first-order valence-corrected chi connectivity index (χ1v) is 6.31. The monoisotopic (exact) mass is 252 g/mol. The average Bonchev–Trinajstić information content (AvgIpc) is 2.75. The summed E-state index contributed by atoms with van der Waals surface area (Å²) in [6, 6.07) is 10.3. The van der Waals surface area contributed by atoms with E-state index in [2.05, 4.69) is 33.7 Å². The maximum atomic E-state index is 5.75. The smallest absolute Gasteiger partial charge is 0.110 e. The lowest BCUT2D eigenvalue weighted by Crippen LogP contribution is -2.04. The Bertz CT molecular complexity index is 743. The summed E-state index contributed by atoms with van der Waals surface area (Å²) in [5.41, 5.74) is 12.0. The highest BCUT2D eigenvalue weighted by Crippen LogP contribution is 2.26. The van der Waals surface area contributed by atoms with E-state index in [-0.39, 0.29) is 0 Å². The third-order valence-electron chi connectivity index (χ3n) is 3.42. The molecule has 0 bridgehead atoms. The van der Waals surface area contributed by atoms with Gasteiger partial charge < -0.3 is 10.1 Å². The van der Waals surface area contributed by atoms with Gasteiger partial charge in [-0.15, -0.1) is 5.10 Å². The fourth-order valence-corrected chi connectivity index (χ4v) is 2.40. The molecule has 96 valence electrons. The lowest BCUT2D eigenvalue weighted by Gasteiger charge is -2.07. The van der Waals surface area contributed by atoms with Gasteiger partial charge in [-0.3, -0.25) is 0 Å². The normalized spacial score (nSPS) is 11.1. The highest BCUT2D eigenvalue weighted by molar-refractivity contribution is 5.69. The third-order valence-corrected chi connectivity index (χ3v) is 3.42. The van der Waals surface area contributed by atoms with Crippen molar-refractivity contribution in [1.82, 2.24) is 14.6 Å². The van der Waals surface area contributed by atoms with E-state index in [1.807, 2.05) is 31.3 Å². The van der Waals surface area contributed by atoms with Gasteiger partial charge in [0.1, 0.15) is 5.69 Å². The molecule has 3 aromatic rings. The van der Waals surface area contributed by atoms with Gasteiger partial charge in [0.2, 0.25) is 0 Å². The van der Waals surface area contributed by atoms with Crippen molar-refractivity contribution in [2.24, 2.45) is 5.73 Å². The fraction of sp³-hybridized carbons (Fsp3) is 0.200. The third kappa shape index (κ3) is 1.90. The number of nitrogens with two attached hydrogens (primary N) is 1. The van der Waals surface area contributed by atoms with Crippen LogP contribution >= 0.6 is 0 Å². The molecule has 0 atom stereocenters. The standard InChI is InChI=1S/C15H16N4/c1-10-7-13-5-3-4-6-19(13)15(10)14-8-12(9-16)11(2)17-18-14/h3-8H,9,16H2,1-2H3. The van der Waals surface area contributed by atoms with E-state index < -0.39 is 0 Å². The van der Waals surface area contributed by atoms with Gasteiger partial charge >= 0.3 is 0 Å². The van der Waals surface area contributed by atoms with Crippen molar-refractivity contribution in [3.8, 4) is 11.4 Å². The molecule has 0 spiro atoms. The first kappa shape index (κ1) is 11.9. The van der Waals surface area contributed by atoms with Crippen LogP contribution < -0.4 is 5.73 Å². The largest absolute Gasteiger partial charge is 0.326 e. The SMILES string of the molecule is Cc1cc2ccccn2c1-c1cc(CN)c(C)nn1. The Morgan fingerprint density at radius 3 is 2.79 bits per heavy atom. The Morgan fingerprint density at radius 2 is 2.00 bits per heavy atom. The Kier molecular flexibility index (Phi) is 2.80. The predicted octanol–water partition coefficient (Wildman–Crippen LogP) is 2.47. The number of aromatic nitrogens is 3. The zero-order chi connectivity index (χ0) is 13.4. The van der Waals surface area contributed by atoms with E-state index in [1.54, 1.807) is 0 Å². The number of rotatable bonds is 2. The van der Waals surface area contributed by atoms with E-state index in [0.29, 0.717) is 6.54 Å². The van der Waals surface area contributed by atoms with Gasteiger partial charge in [-0.2, -0.15) is 5.10 Å². The highest BCUT2D eigenvalue weighted by atomic mass is 15.1. The number of nitrogens with zero attached hydrogens (tertiary/aromatic N) is 3. The first-order chi connectivity index (χ1) is 9.20. The number of fused-ring (bicyclic) bond motifs is 1. The molecule has 0 aromatic carbocycles. The Balaban J connectivity index is 2.27. The van der Waals surface area contributed by atoms with Crippen molar-refractivity contribution in [3.05, 3.63) is 53.3 Å². The number of hydrogen-bond acceptors (Lipinski definition) is 3. The molecule has 0 aliphatic rings. The molecular formula is C15H16N4. The van der Waals surface area contributed by atoms with Crippen molar-refractivity contribution in [2.45, 2.75) is 20.4 Å². The number of pyridine rings is 1. The van der Waals surface area contributed by atoms with E-state index >= 15 is 0 Å². The summed E-state index contributed by atoms with van der Waals surface area (Å²) < 4.78 is 2.13. The molecule has 0 aliphatic carbocycles. The van der Waals surface area contributed by atoms with E-state index in [4.69, 9.17) is 5.73 Å². The first-order valence-electron chi connectivity index (χ1n) is 6.31. The zero-order valence-electron chi connectivity index (χ0n) is 11.1. The second kappa shape index (κ2) is 4.48. The van der Waals surface area contributed by atoms with E-state index in [1.165, 1.54) is 5.56 Å². The van der Waals surface area contributed by atoms with Gasteiger partial charge in [-0.25, -0.2) is 0 Å². The van der Waals surface area contributed by atoms with Crippen molar-refractivity contribution in [1.29, 1.82) is 0 Å². The second-order valence-electron chi connectivity index (χ2n) is 4.72. The number of hydrogen-bond donors (Lipinski definition) is 1. The highest BCUT2D eigenvalue weighted by Gasteiger charge is 2.12. The van der Waals surface area contributed by atoms with Gasteiger partial charge in [-0.1, -0.05) is 6.07 Å². The van der Waals surface area contributed by atoms with Crippen molar-refractivity contribution < 1.29 is 0 Å². The maximum absolute atomic E-state index is 5.75. The summed E-state index contributed by atoms with van der Waals surface area (Å²) in [6.45, 7) is 4.50. The minimum absolute atomic E-state index is 0.483. The fourth-order valence-electron chi connectivity index (χ4n) is 2.40. The van der Waals surface area contributed by atoms with Crippen LogP contribution in [-0.2, 0) is 6.54 Å². The molecule has 0 amide bonds. The summed E-state index contributed by atoms with van der Waals surface area (Å²) >= 11 is 0. The van der Waals surface area contributed by atoms with Crippen molar-refractivity contribution in [2.75, 3.05) is 0 Å². The van der Waals surface area contributed by atoms with Gasteiger partial charge in [0.25, 0.3) is 0 Å². The summed E-state index contributed by atoms with van der Waals surface area (Å²) in [4.78, 5) is 0. The molecular weight excluding hydrogens is 236 g/mol. The molecule has 4 nitrogen and oxygen atoms in total. The van der Waals surface area contributed by atoms with Gasteiger partial charge in [0, 0.05) is 18.3 Å². The Morgan fingerprint density at radius 1 is 1.16 bits per heavy atom. The quantitative estimate of drug-likeness (QED) is 0.762. The average molecular weight is 252 g/mol. The van der Waals surface area contributed by atoms with Crippen LogP contribution in [0.3, 0.4) is 0 Å². The minimum Gasteiger partial charge on any atom is -0.326 e. The second-order valence-corrected chi connectivity index (χ2v) is 4.72. The summed E-state index contributed by atoms with van der Waals surface area (Å²) in [6.07, 6.45) is 2.04. The Hall–Kier alpha value is -2.20. The topological polar surface area (TPSA) is 56.2 Å². The van der Waals surface area contributed by atoms with Gasteiger partial charge in [0.15, 0.2) is 0 Å². The molecule has 19 heavy (non-hydrogen) atoms. The lowest BCUT2D eigenvalue weighted by molar-refractivity contribution is 0.918. The molecule has 2 N–H and O–H groups in total. The Labute approximate surface area is 111 Å². The summed E-state index contributed by atoms with van der Waals surface area (Å²) in [7, 11) is 0.